The first-order chi connectivity index (χ1) is 13.7. The van der Waals surface area contributed by atoms with E-state index < -0.39 is 5.60 Å². The minimum absolute atomic E-state index is 0.0529. The van der Waals surface area contributed by atoms with Gasteiger partial charge < -0.3 is 9.47 Å². The highest BCUT2D eigenvalue weighted by atomic mass is 79.9. The van der Waals surface area contributed by atoms with E-state index in [4.69, 9.17) is 14.5 Å². The highest BCUT2D eigenvalue weighted by Crippen LogP contribution is 2.38. The molecule has 4 rings (SSSR count). The summed E-state index contributed by atoms with van der Waals surface area (Å²) < 4.78 is 12.1. The molecule has 0 spiro atoms. The topological polar surface area (TPSA) is 51.1 Å². The van der Waals surface area contributed by atoms with Crippen LogP contribution in [0, 0.1) is 5.92 Å². The van der Waals surface area contributed by atoms with Gasteiger partial charge in [-0.15, -0.1) is 0 Å². The molecule has 1 saturated heterocycles. The maximum atomic E-state index is 12.9. The number of hydrogen-bond donors (Lipinski definition) is 0. The van der Waals surface area contributed by atoms with Crippen LogP contribution in [0.25, 0.3) is 10.8 Å². The van der Waals surface area contributed by atoms with Gasteiger partial charge in [0.1, 0.15) is 5.60 Å². The average Bonchev–Trinajstić information content (AvgIpc) is 3.24. The predicted molar refractivity (Wildman–Crippen MR) is 119 cm³/mol. The van der Waals surface area contributed by atoms with E-state index in [-0.39, 0.29) is 18.1 Å². The SMILES string of the molecule is COC[C@@H]1C[C@@H](C2=Nc3ccc4cc(Br)ccc4c3C2)N(C(=O)OC(C)(C)C)C1. The number of methoxy groups -OCH3 is 1. The predicted octanol–water partition coefficient (Wildman–Crippen LogP) is 5.50. The van der Waals surface area contributed by atoms with Crippen molar-refractivity contribution in [3.8, 4) is 0 Å². The van der Waals surface area contributed by atoms with E-state index in [1.807, 2.05) is 25.7 Å². The molecule has 2 aromatic carbocycles. The number of likely N-dealkylation sites (tertiary alicyclic amines) is 1. The van der Waals surface area contributed by atoms with Gasteiger partial charge >= 0.3 is 6.09 Å². The van der Waals surface area contributed by atoms with Gasteiger partial charge in [-0.1, -0.05) is 28.1 Å². The minimum atomic E-state index is -0.523. The minimum Gasteiger partial charge on any atom is -0.444 e. The van der Waals surface area contributed by atoms with Crippen molar-refractivity contribution in [2.75, 3.05) is 20.3 Å². The second-order valence-corrected chi connectivity index (χ2v) is 9.83. The lowest BCUT2D eigenvalue weighted by Gasteiger charge is -2.28. The summed E-state index contributed by atoms with van der Waals surface area (Å²) in [6.45, 7) is 6.96. The first-order valence-electron chi connectivity index (χ1n) is 10.0. The number of benzene rings is 2. The molecule has 154 valence electrons. The molecule has 2 aliphatic rings. The molecule has 2 atom stereocenters. The van der Waals surface area contributed by atoms with Gasteiger partial charge in [0.25, 0.3) is 0 Å². The van der Waals surface area contributed by atoms with Crippen LogP contribution in [0.4, 0.5) is 10.5 Å². The Labute approximate surface area is 180 Å². The van der Waals surface area contributed by atoms with Crippen molar-refractivity contribution < 1.29 is 14.3 Å². The van der Waals surface area contributed by atoms with Gasteiger partial charge in [-0.25, -0.2) is 4.79 Å². The van der Waals surface area contributed by atoms with Crippen LogP contribution in [0.2, 0.25) is 0 Å². The molecule has 5 nitrogen and oxygen atoms in total. The third-order valence-corrected chi connectivity index (χ3v) is 5.99. The Morgan fingerprint density at radius 3 is 2.79 bits per heavy atom. The fraction of sp³-hybridized carbons (Fsp3) is 0.478. The van der Waals surface area contributed by atoms with Crippen LogP contribution in [-0.4, -0.2) is 48.6 Å². The Bertz CT molecular complexity index is 980. The van der Waals surface area contributed by atoms with Crippen LogP contribution in [-0.2, 0) is 15.9 Å². The van der Waals surface area contributed by atoms with Crippen LogP contribution in [0.3, 0.4) is 0 Å². The molecule has 2 aromatic rings. The van der Waals surface area contributed by atoms with Crippen LogP contribution in [0.1, 0.15) is 32.8 Å². The number of rotatable bonds is 3. The lowest BCUT2D eigenvalue weighted by molar-refractivity contribution is 0.0252. The number of aliphatic imine (C=N–C) groups is 1. The summed E-state index contributed by atoms with van der Waals surface area (Å²) in [6.07, 6.45) is 1.34. The Hall–Kier alpha value is -1.92. The number of ether oxygens (including phenoxy) is 2. The average molecular weight is 459 g/mol. The van der Waals surface area contributed by atoms with Gasteiger partial charge in [0.05, 0.1) is 18.3 Å². The number of fused-ring (bicyclic) bond motifs is 3. The second-order valence-electron chi connectivity index (χ2n) is 8.91. The summed E-state index contributed by atoms with van der Waals surface area (Å²) in [5.74, 6) is 0.289. The van der Waals surface area contributed by atoms with E-state index in [0.717, 1.165) is 28.7 Å². The van der Waals surface area contributed by atoms with Crippen LogP contribution in [0.5, 0.6) is 0 Å². The summed E-state index contributed by atoms with van der Waals surface area (Å²) >= 11 is 3.55. The molecule has 0 unspecified atom stereocenters. The molecule has 0 aliphatic carbocycles. The number of nitrogens with zero attached hydrogens (tertiary/aromatic N) is 2. The largest absolute Gasteiger partial charge is 0.444 e. The molecule has 0 aromatic heterocycles. The van der Waals surface area contributed by atoms with Gasteiger partial charge in [0, 0.05) is 36.2 Å². The Kier molecular flexibility index (Phi) is 5.42. The van der Waals surface area contributed by atoms with Gasteiger partial charge in [-0.3, -0.25) is 9.89 Å². The number of amides is 1. The van der Waals surface area contributed by atoms with Gasteiger partial charge in [0.2, 0.25) is 0 Å². The van der Waals surface area contributed by atoms with E-state index in [1.165, 1.54) is 16.3 Å². The molecular formula is C23H27BrN2O3. The zero-order chi connectivity index (χ0) is 20.8. The van der Waals surface area contributed by atoms with E-state index >= 15 is 0 Å². The Morgan fingerprint density at radius 1 is 1.28 bits per heavy atom. The summed E-state index contributed by atoms with van der Waals surface area (Å²) in [5, 5.41) is 2.42. The maximum Gasteiger partial charge on any atom is 0.410 e. The molecule has 2 heterocycles. The fourth-order valence-corrected chi connectivity index (χ4v) is 4.71. The lowest BCUT2D eigenvalue weighted by Crippen LogP contribution is -2.43. The van der Waals surface area contributed by atoms with Crippen LogP contribution in [0.15, 0.2) is 39.8 Å². The molecule has 6 heteroatoms. The Balaban J connectivity index is 1.62. The summed E-state index contributed by atoms with van der Waals surface area (Å²) in [5.41, 5.74) is 2.77. The third-order valence-electron chi connectivity index (χ3n) is 5.49. The number of hydrogen-bond acceptors (Lipinski definition) is 4. The molecule has 0 bridgehead atoms. The molecule has 1 fully saturated rings. The van der Waals surface area contributed by atoms with Crippen molar-refractivity contribution in [2.45, 2.75) is 45.3 Å². The van der Waals surface area contributed by atoms with Crippen LogP contribution < -0.4 is 0 Å². The summed E-state index contributed by atoms with van der Waals surface area (Å²) in [7, 11) is 1.71. The maximum absolute atomic E-state index is 12.9. The standard InChI is InChI=1S/C23H27BrN2O3/c1-23(2,3)29-22(27)26-12-14(13-28-4)9-21(26)20-11-18-17-7-6-16(24)10-15(17)5-8-19(18)25-20/h5-8,10,14,21H,9,11-13H2,1-4H3/t14-,21+/m1/s1. The van der Waals surface area contributed by atoms with E-state index in [1.54, 1.807) is 7.11 Å². The van der Waals surface area contributed by atoms with E-state index in [2.05, 4.69) is 46.3 Å². The van der Waals surface area contributed by atoms with Crippen molar-refractivity contribution in [1.82, 2.24) is 4.90 Å². The van der Waals surface area contributed by atoms with Crippen molar-refractivity contribution in [3.05, 3.63) is 40.4 Å². The van der Waals surface area contributed by atoms with Crippen LogP contribution >= 0.6 is 15.9 Å². The lowest BCUT2D eigenvalue weighted by atomic mass is 9.96. The number of carbonyl (C=O) groups excluding carboxylic acids is 1. The van der Waals surface area contributed by atoms with Crippen molar-refractivity contribution in [3.63, 3.8) is 0 Å². The zero-order valence-corrected chi connectivity index (χ0v) is 19.0. The molecule has 2 aliphatic heterocycles. The molecule has 1 amide bonds. The molecule has 0 radical (unpaired) electrons. The number of carbonyl (C=O) groups is 1. The molecule has 0 saturated carbocycles. The van der Waals surface area contributed by atoms with Gasteiger partial charge in [0.15, 0.2) is 0 Å². The Morgan fingerprint density at radius 2 is 2.07 bits per heavy atom. The summed E-state index contributed by atoms with van der Waals surface area (Å²) in [6, 6.07) is 10.5. The molecule has 29 heavy (non-hydrogen) atoms. The van der Waals surface area contributed by atoms with Crippen molar-refractivity contribution in [2.24, 2.45) is 10.9 Å². The first kappa shape index (κ1) is 20.4. The second kappa shape index (κ2) is 7.73. The van der Waals surface area contributed by atoms with Gasteiger partial charge in [-0.05, 0) is 61.7 Å². The smallest absolute Gasteiger partial charge is 0.410 e. The fourth-order valence-electron chi connectivity index (χ4n) is 4.33. The highest BCUT2D eigenvalue weighted by molar-refractivity contribution is 9.10. The molecule has 0 N–H and O–H groups in total. The van der Waals surface area contributed by atoms with Crippen molar-refractivity contribution in [1.29, 1.82) is 0 Å². The van der Waals surface area contributed by atoms with Crippen molar-refractivity contribution >= 4 is 44.2 Å². The normalized spacial score (nSPS) is 21.4. The zero-order valence-electron chi connectivity index (χ0n) is 17.4. The summed E-state index contributed by atoms with van der Waals surface area (Å²) in [4.78, 5) is 19.7. The monoisotopic (exact) mass is 458 g/mol. The quantitative estimate of drug-likeness (QED) is 0.609. The van der Waals surface area contributed by atoms with E-state index in [9.17, 15) is 4.79 Å². The first-order valence-corrected chi connectivity index (χ1v) is 10.8. The van der Waals surface area contributed by atoms with E-state index in [0.29, 0.717) is 13.2 Å². The molecular weight excluding hydrogens is 432 g/mol. The van der Waals surface area contributed by atoms with Gasteiger partial charge in [-0.2, -0.15) is 0 Å². The number of halogens is 1. The highest BCUT2D eigenvalue weighted by Gasteiger charge is 2.41. The third kappa shape index (κ3) is 4.19.